The van der Waals surface area contributed by atoms with E-state index in [0.29, 0.717) is 33.0 Å². The first-order valence-electron chi connectivity index (χ1n) is 10.1. The first-order chi connectivity index (χ1) is 14.9. The highest BCUT2D eigenvalue weighted by molar-refractivity contribution is 6.31. The smallest absolute Gasteiger partial charge is 0.261 e. The van der Waals surface area contributed by atoms with Gasteiger partial charge in [-0.15, -0.1) is 0 Å². The molecule has 2 heterocycles. The Morgan fingerprint density at radius 2 is 1.77 bits per heavy atom. The lowest BCUT2D eigenvalue weighted by atomic mass is 9.91. The molecule has 1 fully saturated rings. The lowest BCUT2D eigenvalue weighted by molar-refractivity contribution is 0.411. The maximum Gasteiger partial charge on any atom is 0.261 e. The van der Waals surface area contributed by atoms with Gasteiger partial charge in [-0.1, -0.05) is 11.6 Å². The highest BCUT2D eigenvalue weighted by atomic mass is 35.5. The van der Waals surface area contributed by atoms with E-state index in [-0.39, 0.29) is 23.2 Å². The van der Waals surface area contributed by atoms with Crippen LogP contribution in [0.2, 0.25) is 5.02 Å². The summed E-state index contributed by atoms with van der Waals surface area (Å²) in [7, 11) is 0. The maximum atomic E-state index is 14.2. The normalized spacial score (nSPS) is 19.2. The molecule has 0 spiro atoms. The minimum absolute atomic E-state index is 0.0514. The van der Waals surface area contributed by atoms with Crippen molar-refractivity contribution in [2.75, 3.05) is 5.32 Å². The van der Waals surface area contributed by atoms with Crippen molar-refractivity contribution in [2.45, 2.75) is 37.8 Å². The summed E-state index contributed by atoms with van der Waals surface area (Å²) in [4.78, 5) is 23.4. The van der Waals surface area contributed by atoms with E-state index in [1.165, 1.54) is 0 Å². The number of halogens is 3. The van der Waals surface area contributed by atoms with Crippen LogP contribution in [0, 0.1) is 11.6 Å². The zero-order valence-electron chi connectivity index (χ0n) is 16.4. The molecular weight excluding hydrogens is 424 g/mol. The number of H-pyrrole nitrogens is 2. The van der Waals surface area contributed by atoms with Crippen LogP contribution in [0.1, 0.15) is 25.7 Å². The summed E-state index contributed by atoms with van der Waals surface area (Å²) in [6.07, 6.45) is 3.32. The molecule has 0 aliphatic heterocycles. The molecule has 0 unspecified atom stereocenters. The fourth-order valence-corrected chi connectivity index (χ4v) is 4.41. The van der Waals surface area contributed by atoms with Gasteiger partial charge in [0.15, 0.2) is 11.6 Å². The van der Waals surface area contributed by atoms with Gasteiger partial charge in [-0.2, -0.15) is 0 Å². The molecule has 5 rings (SSSR count). The highest BCUT2D eigenvalue weighted by Crippen LogP contribution is 2.34. The standard InChI is InChI=1S/C22H20ClF2N5O/c23-10-1-6-16-18(7-10)29-21(28-16)19-20(27-12-4-2-11(26)3-5-12)13-8-14(24)15(25)9-17(13)30-22(19)31/h1,6-9,11-12H,2-5,26H2,(H,28,29)(H2,27,30,31). The van der Waals surface area contributed by atoms with E-state index in [1.54, 1.807) is 18.2 Å². The van der Waals surface area contributed by atoms with Crippen LogP contribution in [0.4, 0.5) is 14.5 Å². The Balaban J connectivity index is 1.72. The summed E-state index contributed by atoms with van der Waals surface area (Å²) in [5.41, 5.74) is 7.73. The molecule has 9 heteroatoms. The van der Waals surface area contributed by atoms with Crippen LogP contribution in [-0.4, -0.2) is 27.0 Å². The number of hydrogen-bond acceptors (Lipinski definition) is 4. The number of pyridine rings is 1. The Hall–Kier alpha value is -2.97. The average Bonchev–Trinajstić information content (AvgIpc) is 3.13. The second kappa shape index (κ2) is 7.62. The lowest BCUT2D eigenvalue weighted by Crippen LogP contribution is -2.33. The van der Waals surface area contributed by atoms with Gasteiger partial charge >= 0.3 is 0 Å². The van der Waals surface area contributed by atoms with Crippen molar-refractivity contribution >= 4 is 39.2 Å². The monoisotopic (exact) mass is 443 g/mol. The summed E-state index contributed by atoms with van der Waals surface area (Å²) >= 11 is 6.07. The quantitative estimate of drug-likeness (QED) is 0.369. The number of nitrogens with one attached hydrogen (secondary N) is 3. The molecule has 5 N–H and O–H groups in total. The fourth-order valence-electron chi connectivity index (χ4n) is 4.23. The number of anilines is 1. The van der Waals surface area contributed by atoms with Crippen molar-refractivity contribution < 1.29 is 8.78 Å². The Labute approximate surface area is 180 Å². The van der Waals surface area contributed by atoms with Crippen LogP contribution in [0.25, 0.3) is 33.3 Å². The molecule has 0 atom stereocenters. The van der Waals surface area contributed by atoms with Gasteiger partial charge in [0.05, 0.1) is 22.2 Å². The SMILES string of the molecule is NC1CCC(Nc2c(-c3nc4ccc(Cl)cc4[nH]3)c(=O)[nH]c3cc(F)c(F)cc23)CC1. The maximum absolute atomic E-state index is 14.2. The third-order valence-electron chi connectivity index (χ3n) is 5.86. The van der Waals surface area contributed by atoms with Gasteiger partial charge in [-0.05, 0) is 49.9 Å². The van der Waals surface area contributed by atoms with Crippen LogP contribution in [-0.2, 0) is 0 Å². The Morgan fingerprint density at radius 1 is 1.03 bits per heavy atom. The third-order valence-corrected chi connectivity index (χ3v) is 6.09. The molecule has 0 radical (unpaired) electrons. The topological polar surface area (TPSA) is 99.6 Å². The molecule has 1 aliphatic rings. The van der Waals surface area contributed by atoms with E-state index in [1.807, 2.05) is 0 Å². The van der Waals surface area contributed by atoms with Crippen LogP contribution in [0.3, 0.4) is 0 Å². The molecule has 2 aromatic carbocycles. The zero-order chi connectivity index (χ0) is 21.7. The molecule has 31 heavy (non-hydrogen) atoms. The largest absolute Gasteiger partial charge is 0.381 e. The van der Waals surface area contributed by atoms with Gasteiger partial charge in [-0.3, -0.25) is 4.79 Å². The fraction of sp³-hybridized carbons (Fsp3) is 0.273. The zero-order valence-corrected chi connectivity index (χ0v) is 17.2. The van der Waals surface area contributed by atoms with E-state index in [2.05, 4.69) is 20.3 Å². The van der Waals surface area contributed by atoms with E-state index >= 15 is 0 Å². The van der Waals surface area contributed by atoms with Crippen molar-refractivity contribution in [1.29, 1.82) is 0 Å². The van der Waals surface area contributed by atoms with Crippen LogP contribution in [0.15, 0.2) is 35.1 Å². The summed E-state index contributed by atoms with van der Waals surface area (Å²) in [6.45, 7) is 0. The van der Waals surface area contributed by atoms with Crippen molar-refractivity contribution in [3.8, 4) is 11.4 Å². The third kappa shape index (κ3) is 3.66. The minimum atomic E-state index is -1.02. The van der Waals surface area contributed by atoms with Gasteiger partial charge in [0.1, 0.15) is 11.4 Å². The molecule has 0 amide bonds. The van der Waals surface area contributed by atoms with Crippen LogP contribution in [0.5, 0.6) is 0 Å². The molecular formula is C22H20ClF2N5O. The second-order valence-electron chi connectivity index (χ2n) is 8.02. The van der Waals surface area contributed by atoms with Gasteiger partial charge in [0, 0.05) is 28.6 Å². The van der Waals surface area contributed by atoms with E-state index < -0.39 is 17.2 Å². The summed E-state index contributed by atoms with van der Waals surface area (Å²) < 4.78 is 28.0. The highest BCUT2D eigenvalue weighted by Gasteiger charge is 2.24. The number of benzene rings is 2. The number of hydrogen-bond donors (Lipinski definition) is 4. The first kappa shape index (κ1) is 20.0. The predicted octanol–water partition coefficient (Wildman–Crippen LogP) is 4.68. The second-order valence-corrected chi connectivity index (χ2v) is 8.46. The molecule has 0 saturated heterocycles. The van der Waals surface area contributed by atoms with Crippen molar-refractivity contribution in [2.24, 2.45) is 5.73 Å². The molecule has 160 valence electrons. The van der Waals surface area contributed by atoms with Crippen LogP contribution < -0.4 is 16.6 Å². The number of aromatic nitrogens is 3. The molecule has 1 aliphatic carbocycles. The number of fused-ring (bicyclic) bond motifs is 2. The minimum Gasteiger partial charge on any atom is -0.381 e. The number of nitrogens with zero attached hydrogens (tertiary/aromatic N) is 1. The number of rotatable bonds is 3. The molecule has 0 bridgehead atoms. The van der Waals surface area contributed by atoms with E-state index in [0.717, 1.165) is 37.8 Å². The van der Waals surface area contributed by atoms with E-state index in [4.69, 9.17) is 17.3 Å². The Bertz CT molecular complexity index is 1360. The summed E-state index contributed by atoms with van der Waals surface area (Å²) in [5, 5.41) is 4.31. The van der Waals surface area contributed by atoms with Crippen molar-refractivity contribution in [3.63, 3.8) is 0 Å². The molecule has 2 aromatic heterocycles. The predicted molar refractivity (Wildman–Crippen MR) is 118 cm³/mol. The number of aromatic amines is 2. The first-order valence-corrected chi connectivity index (χ1v) is 10.5. The Morgan fingerprint density at radius 3 is 2.55 bits per heavy atom. The Kier molecular flexibility index (Phi) is 4.91. The summed E-state index contributed by atoms with van der Waals surface area (Å²) in [5.74, 6) is -1.69. The van der Waals surface area contributed by atoms with Gasteiger partial charge < -0.3 is 21.0 Å². The van der Waals surface area contributed by atoms with Gasteiger partial charge in [-0.25, -0.2) is 13.8 Å². The summed E-state index contributed by atoms with van der Waals surface area (Å²) in [6, 6.07) is 7.47. The van der Waals surface area contributed by atoms with Crippen molar-refractivity contribution in [1.82, 2.24) is 15.0 Å². The molecule has 6 nitrogen and oxygen atoms in total. The number of nitrogens with two attached hydrogens (primary N) is 1. The van der Waals surface area contributed by atoms with E-state index in [9.17, 15) is 13.6 Å². The average molecular weight is 444 g/mol. The van der Waals surface area contributed by atoms with Gasteiger partial charge in [0.25, 0.3) is 5.56 Å². The van der Waals surface area contributed by atoms with Crippen LogP contribution >= 0.6 is 11.6 Å². The van der Waals surface area contributed by atoms with Crippen molar-refractivity contribution in [3.05, 3.63) is 57.3 Å². The molecule has 4 aromatic rings. The number of imidazole rings is 1. The molecule has 1 saturated carbocycles. The lowest BCUT2D eigenvalue weighted by Gasteiger charge is -2.28. The van der Waals surface area contributed by atoms with Gasteiger partial charge in [0.2, 0.25) is 0 Å².